The van der Waals surface area contributed by atoms with Gasteiger partial charge in [0.2, 0.25) is 5.95 Å². The zero-order valence-corrected chi connectivity index (χ0v) is 13.4. The van der Waals surface area contributed by atoms with Crippen LogP contribution in [0.2, 0.25) is 0 Å². The summed E-state index contributed by atoms with van der Waals surface area (Å²) in [6, 6.07) is 0.153. The molecule has 0 aliphatic heterocycles. The third-order valence-corrected chi connectivity index (χ3v) is 4.89. The molecule has 1 aliphatic carbocycles. The Morgan fingerprint density at radius 1 is 1.33 bits per heavy atom. The number of amides is 1. The van der Waals surface area contributed by atoms with Crippen LogP contribution in [0.5, 0.6) is 0 Å². The van der Waals surface area contributed by atoms with Gasteiger partial charge in [-0.25, -0.2) is 4.68 Å². The summed E-state index contributed by atoms with van der Waals surface area (Å²) in [5, 5.41) is 7.08. The maximum absolute atomic E-state index is 14.0. The largest absolute Gasteiger partial charge is 0.349 e. The summed E-state index contributed by atoms with van der Waals surface area (Å²) in [5.41, 5.74) is 0.539. The second-order valence-electron chi connectivity index (χ2n) is 6.14. The number of hydrogen-bond donors (Lipinski definition) is 1. The second-order valence-corrected chi connectivity index (χ2v) is 6.14. The smallest absolute Gasteiger partial charge is 0.258 e. The van der Waals surface area contributed by atoms with Crippen LogP contribution in [0.4, 0.5) is 4.39 Å². The highest BCUT2D eigenvalue weighted by atomic mass is 19.1. The first-order valence-corrected chi connectivity index (χ1v) is 7.99. The quantitative estimate of drug-likeness (QED) is 0.927. The number of rotatable bonds is 4. The van der Waals surface area contributed by atoms with E-state index in [1.165, 1.54) is 13.5 Å². The van der Waals surface area contributed by atoms with Gasteiger partial charge in [-0.1, -0.05) is 33.1 Å². The van der Waals surface area contributed by atoms with E-state index < -0.39 is 5.95 Å². The van der Waals surface area contributed by atoms with Gasteiger partial charge in [0.15, 0.2) is 0 Å². The molecule has 0 bridgehead atoms. The fourth-order valence-corrected chi connectivity index (χ4v) is 3.65. The first kappa shape index (κ1) is 16.0. The first-order valence-electron chi connectivity index (χ1n) is 7.99. The lowest BCUT2D eigenvalue weighted by molar-refractivity contribution is 0.0852. The lowest BCUT2D eigenvalue weighted by Crippen LogP contribution is -2.47. The second kappa shape index (κ2) is 6.58. The molecule has 1 aromatic rings. The number of halogens is 1. The van der Waals surface area contributed by atoms with E-state index in [9.17, 15) is 9.18 Å². The molecular formula is C16H26FN3O. The lowest BCUT2D eigenvalue weighted by atomic mass is 9.74. The standard InChI is InChI=1S/C16H26FN3O/c1-5-11-8-7-9-12(6-2)14(11)18-16(21)13-10(3)19-20(4)15(13)17/h11-12,14H,5-9H2,1-4H3,(H,18,21). The van der Waals surface area contributed by atoms with Crippen LogP contribution in [0.25, 0.3) is 0 Å². The summed E-state index contributed by atoms with van der Waals surface area (Å²) in [4.78, 5) is 12.5. The van der Waals surface area contributed by atoms with E-state index in [1.54, 1.807) is 6.92 Å². The normalized spacial score (nSPS) is 25.9. The monoisotopic (exact) mass is 295 g/mol. The summed E-state index contributed by atoms with van der Waals surface area (Å²) in [6.07, 6.45) is 5.62. The molecule has 2 atom stereocenters. The molecular weight excluding hydrogens is 269 g/mol. The fraction of sp³-hybridized carbons (Fsp3) is 0.750. The molecule has 1 heterocycles. The van der Waals surface area contributed by atoms with Gasteiger partial charge in [0.25, 0.3) is 5.91 Å². The van der Waals surface area contributed by atoms with Crippen LogP contribution in [0.1, 0.15) is 62.0 Å². The van der Waals surface area contributed by atoms with Crippen LogP contribution in [0.3, 0.4) is 0 Å². The molecule has 118 valence electrons. The van der Waals surface area contributed by atoms with Gasteiger partial charge in [0, 0.05) is 13.1 Å². The van der Waals surface area contributed by atoms with Gasteiger partial charge in [0.1, 0.15) is 5.56 Å². The van der Waals surface area contributed by atoms with E-state index >= 15 is 0 Å². The minimum Gasteiger partial charge on any atom is -0.349 e. The van der Waals surface area contributed by atoms with Crippen molar-refractivity contribution in [3.8, 4) is 0 Å². The third-order valence-electron chi connectivity index (χ3n) is 4.89. The van der Waals surface area contributed by atoms with Crippen LogP contribution in [0, 0.1) is 24.7 Å². The van der Waals surface area contributed by atoms with Gasteiger partial charge in [-0.05, 0) is 31.6 Å². The molecule has 1 saturated carbocycles. The SMILES string of the molecule is CCC1CCCC(CC)C1NC(=O)c1c(C)nn(C)c1F. The van der Waals surface area contributed by atoms with Crippen LogP contribution >= 0.6 is 0 Å². The Bertz CT molecular complexity index is 500. The van der Waals surface area contributed by atoms with E-state index in [2.05, 4.69) is 24.3 Å². The van der Waals surface area contributed by atoms with Crippen molar-refractivity contribution >= 4 is 5.91 Å². The number of hydrogen-bond acceptors (Lipinski definition) is 2. The fourth-order valence-electron chi connectivity index (χ4n) is 3.65. The van der Waals surface area contributed by atoms with E-state index in [4.69, 9.17) is 0 Å². The molecule has 21 heavy (non-hydrogen) atoms. The van der Waals surface area contributed by atoms with E-state index in [-0.39, 0.29) is 17.5 Å². The Morgan fingerprint density at radius 3 is 2.33 bits per heavy atom. The Hall–Kier alpha value is -1.39. The highest BCUT2D eigenvalue weighted by Gasteiger charge is 2.33. The average Bonchev–Trinajstić information content (AvgIpc) is 2.72. The van der Waals surface area contributed by atoms with Gasteiger partial charge >= 0.3 is 0 Å². The molecule has 2 rings (SSSR count). The summed E-state index contributed by atoms with van der Waals surface area (Å²) in [5.74, 6) is 0.115. The van der Waals surface area contributed by atoms with E-state index in [1.807, 2.05) is 0 Å². The molecule has 1 aliphatic rings. The number of aromatic nitrogens is 2. The first-order chi connectivity index (χ1) is 9.99. The topological polar surface area (TPSA) is 46.9 Å². The van der Waals surface area contributed by atoms with Crippen LogP contribution in [-0.4, -0.2) is 21.7 Å². The molecule has 0 saturated heterocycles. The molecule has 0 aromatic carbocycles. The minimum atomic E-state index is -0.554. The van der Waals surface area contributed by atoms with Crippen LogP contribution < -0.4 is 5.32 Å². The Kier molecular flexibility index (Phi) is 5.01. The van der Waals surface area contributed by atoms with E-state index in [0.29, 0.717) is 17.5 Å². The van der Waals surface area contributed by atoms with Crippen molar-refractivity contribution in [1.82, 2.24) is 15.1 Å². The van der Waals surface area contributed by atoms with Crippen LogP contribution in [-0.2, 0) is 7.05 Å². The molecule has 1 amide bonds. The average molecular weight is 295 g/mol. The van der Waals surface area contributed by atoms with Crippen molar-refractivity contribution < 1.29 is 9.18 Å². The summed E-state index contributed by atoms with van der Waals surface area (Å²) >= 11 is 0. The highest BCUT2D eigenvalue weighted by Crippen LogP contribution is 2.33. The van der Waals surface area contributed by atoms with Gasteiger partial charge in [0.05, 0.1) is 5.69 Å². The number of carbonyl (C=O) groups excluding carboxylic acids is 1. The van der Waals surface area contributed by atoms with Crippen molar-refractivity contribution in [2.45, 2.75) is 58.9 Å². The zero-order chi connectivity index (χ0) is 15.6. The molecule has 1 aromatic heterocycles. The predicted molar refractivity (Wildman–Crippen MR) is 80.6 cm³/mol. The number of carbonyl (C=O) groups is 1. The maximum Gasteiger partial charge on any atom is 0.258 e. The van der Waals surface area contributed by atoms with Gasteiger partial charge in [-0.2, -0.15) is 9.49 Å². The van der Waals surface area contributed by atoms with Crippen molar-refractivity contribution in [2.24, 2.45) is 18.9 Å². The number of aryl methyl sites for hydroxylation is 2. The molecule has 2 unspecified atom stereocenters. The Morgan fingerprint density at radius 2 is 1.90 bits per heavy atom. The van der Waals surface area contributed by atoms with Gasteiger partial charge < -0.3 is 5.32 Å². The maximum atomic E-state index is 14.0. The molecule has 1 N–H and O–H groups in total. The number of nitrogens with zero attached hydrogens (tertiary/aromatic N) is 2. The predicted octanol–water partition coefficient (Wildman–Crippen LogP) is 3.20. The van der Waals surface area contributed by atoms with Crippen molar-refractivity contribution in [1.29, 1.82) is 0 Å². The molecule has 1 fully saturated rings. The zero-order valence-electron chi connectivity index (χ0n) is 13.4. The van der Waals surface area contributed by atoms with Crippen molar-refractivity contribution in [3.63, 3.8) is 0 Å². The molecule has 0 radical (unpaired) electrons. The summed E-state index contributed by atoms with van der Waals surface area (Å²) in [7, 11) is 1.52. The van der Waals surface area contributed by atoms with Gasteiger partial charge in [-0.15, -0.1) is 0 Å². The van der Waals surface area contributed by atoms with Crippen molar-refractivity contribution in [2.75, 3.05) is 0 Å². The minimum absolute atomic E-state index is 0.0905. The summed E-state index contributed by atoms with van der Waals surface area (Å²) < 4.78 is 15.1. The molecule has 4 nitrogen and oxygen atoms in total. The molecule has 5 heteroatoms. The lowest BCUT2D eigenvalue weighted by Gasteiger charge is -2.38. The van der Waals surface area contributed by atoms with E-state index in [0.717, 1.165) is 30.4 Å². The summed E-state index contributed by atoms with van der Waals surface area (Å²) in [6.45, 7) is 6.00. The Balaban J connectivity index is 2.19. The highest BCUT2D eigenvalue weighted by molar-refractivity contribution is 5.95. The molecule has 0 spiro atoms. The third kappa shape index (κ3) is 3.11. The number of nitrogens with one attached hydrogen (secondary N) is 1. The van der Waals surface area contributed by atoms with Crippen molar-refractivity contribution in [3.05, 3.63) is 17.2 Å². The van der Waals surface area contributed by atoms with Crippen LogP contribution in [0.15, 0.2) is 0 Å². The Labute approximate surface area is 126 Å². The van der Waals surface area contributed by atoms with Gasteiger partial charge in [-0.3, -0.25) is 4.79 Å².